The number of aromatic nitrogens is 2. The Labute approximate surface area is 90.8 Å². The maximum Gasteiger partial charge on any atom is 0.141 e. The molecule has 2 aromatic rings. The molecule has 4 heteroatoms. The van der Waals surface area contributed by atoms with Crippen molar-refractivity contribution < 1.29 is 4.39 Å². The summed E-state index contributed by atoms with van der Waals surface area (Å²) in [7, 11) is 0. The van der Waals surface area contributed by atoms with Gasteiger partial charge in [0, 0.05) is 5.38 Å². The molecule has 74 valence electrons. The van der Waals surface area contributed by atoms with Crippen molar-refractivity contribution in [2.45, 2.75) is 6.92 Å². The van der Waals surface area contributed by atoms with E-state index in [9.17, 15) is 4.39 Å². The van der Waals surface area contributed by atoms with Gasteiger partial charge in [0.2, 0.25) is 0 Å². The highest BCUT2D eigenvalue weighted by atomic mass is 32.1. The first-order chi connectivity index (χ1) is 7.24. The monoisotopic (exact) mass is 218 g/mol. The standard InChI is InChI=1S/C11H7FN2S/c1-8-14-11(7-15-8)5-4-10-3-2-9(12)6-13-10/h2-3,6-7H,1H3. The van der Waals surface area contributed by atoms with E-state index in [4.69, 9.17) is 0 Å². The van der Waals surface area contributed by atoms with Gasteiger partial charge in [0.15, 0.2) is 0 Å². The van der Waals surface area contributed by atoms with Crippen LogP contribution < -0.4 is 0 Å². The summed E-state index contributed by atoms with van der Waals surface area (Å²) >= 11 is 1.55. The van der Waals surface area contributed by atoms with E-state index in [0.717, 1.165) is 16.9 Å². The molecular weight excluding hydrogens is 211 g/mol. The number of hydrogen-bond donors (Lipinski definition) is 0. The van der Waals surface area contributed by atoms with Crippen LogP contribution in [0.4, 0.5) is 4.39 Å². The summed E-state index contributed by atoms with van der Waals surface area (Å²) in [6.45, 7) is 1.92. The molecule has 0 fully saturated rings. The average Bonchev–Trinajstić information content (AvgIpc) is 2.64. The molecular formula is C11H7FN2S. The molecule has 2 aromatic heterocycles. The molecule has 2 rings (SSSR count). The summed E-state index contributed by atoms with van der Waals surface area (Å²) in [5.74, 6) is 5.33. The lowest BCUT2D eigenvalue weighted by molar-refractivity contribution is 0.621. The number of thiazole rings is 1. The van der Waals surface area contributed by atoms with E-state index in [1.807, 2.05) is 12.3 Å². The minimum Gasteiger partial charge on any atom is -0.245 e. The van der Waals surface area contributed by atoms with Gasteiger partial charge in [0.1, 0.15) is 17.2 Å². The Bertz CT molecular complexity index is 520. The highest BCUT2D eigenvalue weighted by molar-refractivity contribution is 7.09. The summed E-state index contributed by atoms with van der Waals surface area (Å²) < 4.78 is 12.5. The molecule has 0 saturated carbocycles. The van der Waals surface area contributed by atoms with Gasteiger partial charge in [-0.25, -0.2) is 14.4 Å². The fourth-order valence-electron chi connectivity index (χ4n) is 0.999. The molecule has 0 amide bonds. The third-order valence-corrected chi connectivity index (χ3v) is 2.44. The highest BCUT2D eigenvalue weighted by Gasteiger charge is 1.93. The molecule has 15 heavy (non-hydrogen) atoms. The number of rotatable bonds is 0. The van der Waals surface area contributed by atoms with E-state index in [1.54, 1.807) is 17.4 Å². The summed E-state index contributed by atoms with van der Waals surface area (Å²) in [5.41, 5.74) is 1.27. The predicted molar refractivity (Wildman–Crippen MR) is 57.0 cm³/mol. The summed E-state index contributed by atoms with van der Waals surface area (Å²) in [4.78, 5) is 8.01. The second-order valence-electron chi connectivity index (χ2n) is 2.86. The highest BCUT2D eigenvalue weighted by Crippen LogP contribution is 2.06. The Hall–Kier alpha value is -1.73. The van der Waals surface area contributed by atoms with Crippen LogP contribution in [-0.4, -0.2) is 9.97 Å². The fraction of sp³-hybridized carbons (Fsp3) is 0.0909. The van der Waals surface area contributed by atoms with Gasteiger partial charge in [-0.15, -0.1) is 11.3 Å². The third-order valence-electron chi connectivity index (χ3n) is 1.67. The van der Waals surface area contributed by atoms with Crippen molar-refractivity contribution in [3.05, 3.63) is 45.9 Å². The minimum absolute atomic E-state index is 0.356. The topological polar surface area (TPSA) is 25.8 Å². The molecule has 0 aliphatic heterocycles. The van der Waals surface area contributed by atoms with Gasteiger partial charge in [-0.2, -0.15) is 0 Å². The van der Waals surface area contributed by atoms with Crippen molar-refractivity contribution in [3.63, 3.8) is 0 Å². The molecule has 0 radical (unpaired) electrons. The number of aryl methyl sites for hydroxylation is 1. The first-order valence-corrected chi connectivity index (χ1v) is 5.18. The number of pyridine rings is 1. The van der Waals surface area contributed by atoms with E-state index >= 15 is 0 Å². The lowest BCUT2D eigenvalue weighted by Crippen LogP contribution is -1.83. The van der Waals surface area contributed by atoms with Crippen LogP contribution in [-0.2, 0) is 0 Å². The SMILES string of the molecule is Cc1nc(C#Cc2ccc(F)cn2)cs1. The minimum atomic E-state index is -0.356. The molecule has 2 heterocycles. The van der Waals surface area contributed by atoms with Crippen LogP contribution in [0, 0.1) is 24.6 Å². The Kier molecular flexibility index (Phi) is 2.75. The zero-order valence-electron chi connectivity index (χ0n) is 7.99. The molecule has 0 spiro atoms. The molecule has 0 aliphatic carbocycles. The summed E-state index contributed by atoms with van der Waals surface area (Å²) in [6.07, 6.45) is 1.15. The van der Waals surface area contributed by atoms with E-state index in [2.05, 4.69) is 21.8 Å². The van der Waals surface area contributed by atoms with E-state index in [-0.39, 0.29) is 5.82 Å². The van der Waals surface area contributed by atoms with Gasteiger partial charge < -0.3 is 0 Å². The number of halogens is 1. The van der Waals surface area contributed by atoms with Gasteiger partial charge in [-0.3, -0.25) is 0 Å². The molecule has 0 saturated heterocycles. The number of nitrogens with zero attached hydrogens (tertiary/aromatic N) is 2. The Morgan fingerprint density at radius 3 is 2.67 bits per heavy atom. The maximum atomic E-state index is 12.5. The largest absolute Gasteiger partial charge is 0.245 e. The lowest BCUT2D eigenvalue weighted by atomic mass is 10.3. The maximum absolute atomic E-state index is 12.5. The molecule has 0 unspecified atom stereocenters. The Morgan fingerprint density at radius 2 is 2.07 bits per heavy atom. The quantitative estimate of drug-likeness (QED) is 0.634. The summed E-state index contributed by atoms with van der Waals surface area (Å²) in [5, 5.41) is 2.86. The molecule has 2 nitrogen and oxygen atoms in total. The lowest BCUT2D eigenvalue weighted by Gasteiger charge is -1.87. The normalized spacial score (nSPS) is 9.47. The van der Waals surface area contributed by atoms with Crippen molar-refractivity contribution >= 4 is 11.3 Å². The molecule has 0 aliphatic rings. The van der Waals surface area contributed by atoms with Gasteiger partial charge in [-0.05, 0) is 30.9 Å². The second-order valence-corrected chi connectivity index (χ2v) is 3.93. The van der Waals surface area contributed by atoms with E-state index in [0.29, 0.717) is 5.69 Å². The van der Waals surface area contributed by atoms with Crippen molar-refractivity contribution in [2.75, 3.05) is 0 Å². The van der Waals surface area contributed by atoms with Gasteiger partial charge >= 0.3 is 0 Å². The van der Waals surface area contributed by atoms with Gasteiger partial charge in [0.05, 0.1) is 11.2 Å². The van der Waals surface area contributed by atoms with Crippen molar-refractivity contribution in [3.8, 4) is 11.8 Å². The van der Waals surface area contributed by atoms with E-state index in [1.165, 1.54) is 6.07 Å². The zero-order valence-corrected chi connectivity index (χ0v) is 8.81. The Morgan fingerprint density at radius 1 is 1.27 bits per heavy atom. The molecule has 0 aromatic carbocycles. The third kappa shape index (κ3) is 2.61. The molecule has 0 atom stereocenters. The van der Waals surface area contributed by atoms with Crippen LogP contribution in [0.25, 0.3) is 0 Å². The predicted octanol–water partition coefficient (Wildman–Crippen LogP) is 2.39. The smallest absolute Gasteiger partial charge is 0.141 e. The van der Waals surface area contributed by atoms with Crippen LogP contribution in [0.1, 0.15) is 16.4 Å². The Balaban J connectivity index is 2.22. The van der Waals surface area contributed by atoms with E-state index < -0.39 is 0 Å². The van der Waals surface area contributed by atoms with Crippen molar-refractivity contribution in [1.82, 2.24) is 9.97 Å². The molecule has 0 bridgehead atoms. The van der Waals surface area contributed by atoms with Crippen LogP contribution in [0.3, 0.4) is 0 Å². The fourth-order valence-corrected chi connectivity index (χ4v) is 1.54. The van der Waals surface area contributed by atoms with Crippen LogP contribution in [0.2, 0.25) is 0 Å². The van der Waals surface area contributed by atoms with Gasteiger partial charge in [-0.1, -0.05) is 0 Å². The zero-order chi connectivity index (χ0) is 10.7. The first kappa shape index (κ1) is 9.81. The molecule has 0 N–H and O–H groups in total. The first-order valence-electron chi connectivity index (χ1n) is 4.30. The number of hydrogen-bond acceptors (Lipinski definition) is 3. The van der Waals surface area contributed by atoms with Crippen LogP contribution in [0.15, 0.2) is 23.7 Å². The van der Waals surface area contributed by atoms with Gasteiger partial charge in [0.25, 0.3) is 0 Å². The van der Waals surface area contributed by atoms with Crippen molar-refractivity contribution in [1.29, 1.82) is 0 Å². The average molecular weight is 218 g/mol. The van der Waals surface area contributed by atoms with Crippen molar-refractivity contribution in [2.24, 2.45) is 0 Å². The van der Waals surface area contributed by atoms with Crippen LogP contribution >= 0.6 is 11.3 Å². The van der Waals surface area contributed by atoms with Crippen LogP contribution in [0.5, 0.6) is 0 Å². The second kappa shape index (κ2) is 4.20. The summed E-state index contributed by atoms with van der Waals surface area (Å²) in [6, 6.07) is 2.88.